The number of anilines is 1. The molecule has 3 nitrogen and oxygen atoms in total. The van der Waals surface area contributed by atoms with Crippen LogP contribution in [0.3, 0.4) is 0 Å². The third kappa shape index (κ3) is 4.29. The molecule has 0 radical (unpaired) electrons. The largest absolute Gasteiger partial charge is 0.405 e. The average Bonchev–Trinajstić information content (AvgIpc) is 2.25. The van der Waals surface area contributed by atoms with Crippen LogP contribution in [-0.2, 0) is 0 Å². The monoisotopic (exact) mass is 250 g/mol. The Hall–Kier alpha value is -1.79. The first kappa shape index (κ1) is 13.3. The second-order valence-electron chi connectivity index (χ2n) is 3.31. The van der Waals surface area contributed by atoms with Gasteiger partial charge in [-0.25, -0.2) is 9.18 Å². The first-order valence-electron chi connectivity index (χ1n) is 4.63. The lowest BCUT2D eigenvalue weighted by Gasteiger charge is -2.18. The number of benzene rings is 1. The summed E-state index contributed by atoms with van der Waals surface area (Å²) < 4.78 is 48.1. The lowest BCUT2D eigenvalue weighted by molar-refractivity contribution is -0.122. The molecule has 0 heterocycles. The third-order valence-corrected chi connectivity index (χ3v) is 1.96. The molecule has 0 aromatic heterocycles. The predicted octanol–water partition coefficient (Wildman–Crippen LogP) is 2.53. The van der Waals surface area contributed by atoms with E-state index in [9.17, 15) is 22.4 Å². The molecule has 7 heteroatoms. The van der Waals surface area contributed by atoms with Crippen molar-refractivity contribution < 1.29 is 22.4 Å². The Morgan fingerprint density at radius 3 is 2.29 bits per heavy atom. The second kappa shape index (κ2) is 5.03. The van der Waals surface area contributed by atoms with Gasteiger partial charge in [0.2, 0.25) is 0 Å². The van der Waals surface area contributed by atoms with E-state index in [0.717, 1.165) is 17.0 Å². The van der Waals surface area contributed by atoms with E-state index in [1.165, 1.54) is 19.2 Å². The Bertz CT molecular complexity index is 388. The molecule has 0 aliphatic carbocycles. The zero-order valence-electron chi connectivity index (χ0n) is 8.88. The van der Waals surface area contributed by atoms with Crippen molar-refractivity contribution in [1.82, 2.24) is 5.32 Å². The fraction of sp³-hybridized carbons (Fsp3) is 0.300. The molecule has 0 aliphatic rings. The molecule has 17 heavy (non-hydrogen) atoms. The van der Waals surface area contributed by atoms with Gasteiger partial charge in [-0.05, 0) is 24.3 Å². The van der Waals surface area contributed by atoms with Crippen molar-refractivity contribution in [2.24, 2.45) is 0 Å². The van der Waals surface area contributed by atoms with Gasteiger partial charge in [0.15, 0.2) is 0 Å². The molecule has 0 aliphatic heterocycles. The zero-order valence-corrected chi connectivity index (χ0v) is 8.88. The van der Waals surface area contributed by atoms with Crippen molar-refractivity contribution in [3.8, 4) is 0 Å². The van der Waals surface area contributed by atoms with Crippen molar-refractivity contribution in [2.75, 3.05) is 18.5 Å². The smallest absolute Gasteiger partial charge is 0.329 e. The van der Waals surface area contributed by atoms with Crippen LogP contribution in [-0.4, -0.2) is 25.8 Å². The van der Waals surface area contributed by atoms with E-state index in [2.05, 4.69) is 0 Å². The van der Waals surface area contributed by atoms with Gasteiger partial charge < -0.3 is 5.32 Å². The summed E-state index contributed by atoms with van der Waals surface area (Å²) in [5.74, 6) is -0.488. The summed E-state index contributed by atoms with van der Waals surface area (Å²) in [5.41, 5.74) is 0.297. The molecule has 1 N–H and O–H groups in total. The van der Waals surface area contributed by atoms with Crippen molar-refractivity contribution >= 4 is 11.7 Å². The maximum atomic E-state index is 12.6. The van der Waals surface area contributed by atoms with Crippen molar-refractivity contribution in [3.63, 3.8) is 0 Å². The van der Waals surface area contributed by atoms with Gasteiger partial charge in [-0.1, -0.05) is 0 Å². The highest BCUT2D eigenvalue weighted by atomic mass is 19.4. The minimum atomic E-state index is -4.46. The van der Waals surface area contributed by atoms with E-state index >= 15 is 0 Å². The number of halogens is 4. The van der Waals surface area contributed by atoms with Crippen LogP contribution in [0, 0.1) is 5.82 Å². The van der Waals surface area contributed by atoms with E-state index < -0.39 is 24.6 Å². The molecule has 1 aromatic rings. The van der Waals surface area contributed by atoms with Crippen LogP contribution >= 0.6 is 0 Å². The molecular weight excluding hydrogens is 240 g/mol. The van der Waals surface area contributed by atoms with Gasteiger partial charge >= 0.3 is 12.2 Å². The van der Waals surface area contributed by atoms with E-state index in [4.69, 9.17) is 0 Å². The summed E-state index contributed by atoms with van der Waals surface area (Å²) in [5, 5.41) is 1.70. The number of carbonyl (C=O) groups is 1. The van der Waals surface area contributed by atoms with Gasteiger partial charge in [-0.2, -0.15) is 13.2 Å². The van der Waals surface area contributed by atoms with Crippen LogP contribution in [0.4, 0.5) is 28.0 Å². The molecule has 0 fully saturated rings. The number of nitrogens with one attached hydrogen (secondary N) is 1. The fourth-order valence-corrected chi connectivity index (χ4v) is 1.08. The number of urea groups is 1. The summed E-state index contributed by atoms with van der Waals surface area (Å²) in [6.45, 7) is -1.41. The first-order chi connectivity index (χ1) is 7.79. The van der Waals surface area contributed by atoms with Gasteiger partial charge in [0, 0.05) is 12.7 Å². The van der Waals surface area contributed by atoms with Gasteiger partial charge in [-0.15, -0.1) is 0 Å². The highest BCUT2D eigenvalue weighted by Gasteiger charge is 2.28. The summed E-state index contributed by atoms with van der Waals surface area (Å²) in [7, 11) is 1.29. The molecule has 0 atom stereocenters. The molecule has 0 saturated heterocycles. The second-order valence-corrected chi connectivity index (χ2v) is 3.31. The Labute approximate surface area is 95.0 Å². The molecule has 0 bridgehead atoms. The van der Waals surface area contributed by atoms with Crippen LogP contribution in [0.15, 0.2) is 24.3 Å². The Kier molecular flexibility index (Phi) is 3.93. The Morgan fingerprint density at radius 2 is 1.82 bits per heavy atom. The summed E-state index contributed by atoms with van der Waals surface area (Å²) in [4.78, 5) is 12.3. The van der Waals surface area contributed by atoms with E-state index in [1.54, 1.807) is 5.32 Å². The standard InChI is InChI=1S/C10H10F4N2O/c1-16(8-4-2-7(11)3-5-8)9(17)15-6-10(12,13)14/h2-5H,6H2,1H3,(H,15,17). The Balaban J connectivity index is 2.61. The highest BCUT2D eigenvalue weighted by Crippen LogP contribution is 2.15. The van der Waals surface area contributed by atoms with E-state index in [0.29, 0.717) is 5.69 Å². The van der Waals surface area contributed by atoms with Gasteiger partial charge in [0.05, 0.1) is 0 Å². The van der Waals surface area contributed by atoms with E-state index in [-0.39, 0.29) is 0 Å². The molecule has 0 spiro atoms. The topological polar surface area (TPSA) is 32.3 Å². The molecule has 94 valence electrons. The normalized spacial score (nSPS) is 11.1. The minimum absolute atomic E-state index is 0.297. The SMILES string of the molecule is CN(C(=O)NCC(F)(F)F)c1ccc(F)cc1. The van der Waals surface area contributed by atoms with Crippen LogP contribution in [0.1, 0.15) is 0 Å². The lowest BCUT2D eigenvalue weighted by Crippen LogP contribution is -2.41. The molecule has 1 aromatic carbocycles. The number of carbonyl (C=O) groups excluding carboxylic acids is 1. The van der Waals surface area contributed by atoms with Gasteiger partial charge in [0.25, 0.3) is 0 Å². The molecule has 2 amide bonds. The predicted molar refractivity (Wildman–Crippen MR) is 54.3 cm³/mol. The van der Waals surface area contributed by atoms with Crippen LogP contribution < -0.4 is 10.2 Å². The number of nitrogens with zero attached hydrogens (tertiary/aromatic N) is 1. The van der Waals surface area contributed by atoms with Crippen molar-refractivity contribution in [2.45, 2.75) is 6.18 Å². The molecule has 0 saturated carbocycles. The van der Waals surface area contributed by atoms with E-state index in [1.807, 2.05) is 0 Å². The highest BCUT2D eigenvalue weighted by molar-refractivity contribution is 5.91. The average molecular weight is 250 g/mol. The minimum Gasteiger partial charge on any atom is -0.329 e. The lowest BCUT2D eigenvalue weighted by atomic mass is 10.3. The number of rotatable bonds is 2. The molecule has 1 rings (SSSR count). The van der Waals surface area contributed by atoms with Crippen LogP contribution in [0.2, 0.25) is 0 Å². The fourth-order valence-electron chi connectivity index (χ4n) is 1.08. The van der Waals surface area contributed by atoms with Crippen molar-refractivity contribution in [1.29, 1.82) is 0 Å². The first-order valence-corrected chi connectivity index (χ1v) is 4.63. The Morgan fingerprint density at radius 1 is 1.29 bits per heavy atom. The van der Waals surface area contributed by atoms with Gasteiger partial charge in [-0.3, -0.25) is 4.90 Å². The zero-order chi connectivity index (χ0) is 13.1. The number of alkyl halides is 3. The van der Waals surface area contributed by atoms with Gasteiger partial charge in [0.1, 0.15) is 12.4 Å². The maximum absolute atomic E-state index is 12.6. The molecule has 0 unspecified atom stereocenters. The maximum Gasteiger partial charge on any atom is 0.405 e. The summed E-state index contributed by atoms with van der Waals surface area (Å²) >= 11 is 0. The molecular formula is C10H10F4N2O. The van der Waals surface area contributed by atoms with Crippen LogP contribution in [0.5, 0.6) is 0 Å². The van der Waals surface area contributed by atoms with Crippen molar-refractivity contribution in [3.05, 3.63) is 30.1 Å². The number of hydrogen-bond donors (Lipinski definition) is 1. The van der Waals surface area contributed by atoms with Crippen LogP contribution in [0.25, 0.3) is 0 Å². The number of hydrogen-bond acceptors (Lipinski definition) is 1. The summed E-state index contributed by atoms with van der Waals surface area (Å²) in [6, 6.07) is 3.91. The third-order valence-electron chi connectivity index (χ3n) is 1.96. The number of amides is 2. The quantitative estimate of drug-likeness (QED) is 0.804. The summed E-state index contributed by atoms with van der Waals surface area (Å²) in [6.07, 6.45) is -4.46.